The molecule has 4 N–H and O–H groups in total. The van der Waals surface area contributed by atoms with Crippen LogP contribution in [0.2, 0.25) is 0 Å². The Morgan fingerprint density at radius 1 is 1.00 bits per heavy atom. The van der Waals surface area contributed by atoms with Crippen LogP contribution in [0.15, 0.2) is 46.1 Å². The molecule has 9 heteroatoms. The molecule has 1 fully saturated rings. The molecule has 0 amide bonds. The second-order valence-corrected chi connectivity index (χ2v) is 9.18. The van der Waals surface area contributed by atoms with Gasteiger partial charge in [-0.05, 0) is 49.4 Å². The van der Waals surface area contributed by atoms with E-state index >= 15 is 0 Å². The minimum absolute atomic E-state index is 0.0993. The molecule has 0 bridgehead atoms. The van der Waals surface area contributed by atoms with E-state index in [1.54, 1.807) is 44.3 Å². The summed E-state index contributed by atoms with van der Waals surface area (Å²) in [5, 5.41) is 37.6. The molecule has 1 aliphatic heterocycles. The van der Waals surface area contributed by atoms with Crippen LogP contribution in [-0.2, 0) is 4.74 Å². The van der Waals surface area contributed by atoms with Crippen LogP contribution in [0.1, 0.15) is 24.2 Å². The summed E-state index contributed by atoms with van der Waals surface area (Å²) >= 11 is 0. The molecule has 2 heterocycles. The van der Waals surface area contributed by atoms with Crippen LogP contribution in [0.3, 0.4) is 0 Å². The first kappa shape index (κ1) is 25.0. The van der Waals surface area contributed by atoms with Gasteiger partial charge in [0.1, 0.15) is 35.0 Å². The van der Waals surface area contributed by atoms with E-state index in [4.69, 9.17) is 18.6 Å². The average molecular weight is 508 g/mol. The van der Waals surface area contributed by atoms with Gasteiger partial charge in [0.15, 0.2) is 0 Å². The molecule has 37 heavy (non-hydrogen) atoms. The number of phenolic OH excluding ortho intramolecular Hbond substituents is 1. The standard InChI is InChI=1S/C28H29NO8/c1-6-13-9-16-20(18(10-13)34-4)15-11-19(35-5)22-17(30)8-7-14(21(22)26(15)37-28(16)33)27-25(32)23(29-3)24(31)12(2)36-27/h6-12,23-25,27,29-32H,1H2,2-5H3. The summed E-state index contributed by atoms with van der Waals surface area (Å²) in [4.78, 5) is 13.3. The first-order valence-electron chi connectivity index (χ1n) is 11.9. The van der Waals surface area contributed by atoms with E-state index in [2.05, 4.69) is 11.9 Å². The second-order valence-electron chi connectivity index (χ2n) is 9.18. The summed E-state index contributed by atoms with van der Waals surface area (Å²) in [6, 6.07) is 7.53. The van der Waals surface area contributed by atoms with E-state index in [0.717, 1.165) is 0 Å². The van der Waals surface area contributed by atoms with Gasteiger partial charge in [0.05, 0.1) is 43.2 Å². The predicted octanol–water partition coefficient (Wildman–Crippen LogP) is 3.23. The lowest BCUT2D eigenvalue weighted by Crippen LogP contribution is -2.58. The van der Waals surface area contributed by atoms with Crippen molar-refractivity contribution >= 4 is 38.6 Å². The monoisotopic (exact) mass is 507 g/mol. The Labute approximate surface area is 212 Å². The van der Waals surface area contributed by atoms with Crippen LogP contribution in [0.25, 0.3) is 38.6 Å². The summed E-state index contributed by atoms with van der Waals surface area (Å²) in [6.07, 6.45) is -2.02. The number of likely N-dealkylation sites (N-methyl/N-ethyl adjacent to an activating group) is 1. The minimum Gasteiger partial charge on any atom is -0.507 e. The van der Waals surface area contributed by atoms with Gasteiger partial charge in [-0.25, -0.2) is 4.79 Å². The highest BCUT2D eigenvalue weighted by molar-refractivity contribution is 6.19. The maximum absolute atomic E-state index is 13.3. The largest absolute Gasteiger partial charge is 0.507 e. The third kappa shape index (κ3) is 3.74. The number of hydrogen-bond donors (Lipinski definition) is 4. The second kappa shape index (κ2) is 9.35. The molecule has 4 aromatic rings. The summed E-state index contributed by atoms with van der Waals surface area (Å²) in [5.41, 5.74) is 0.727. The van der Waals surface area contributed by atoms with Crippen molar-refractivity contribution in [3.8, 4) is 17.2 Å². The van der Waals surface area contributed by atoms with Gasteiger partial charge in [-0.3, -0.25) is 0 Å². The summed E-state index contributed by atoms with van der Waals surface area (Å²) in [6.45, 7) is 5.49. The highest BCUT2D eigenvalue weighted by Gasteiger charge is 2.43. The zero-order chi connectivity index (χ0) is 26.6. The Morgan fingerprint density at radius 3 is 2.35 bits per heavy atom. The Kier molecular flexibility index (Phi) is 6.33. The van der Waals surface area contributed by atoms with Crippen molar-refractivity contribution in [3.05, 3.63) is 58.5 Å². The fourth-order valence-corrected chi connectivity index (χ4v) is 5.37. The quantitative estimate of drug-likeness (QED) is 0.238. The highest BCUT2D eigenvalue weighted by Crippen LogP contribution is 2.47. The van der Waals surface area contributed by atoms with E-state index in [0.29, 0.717) is 49.6 Å². The number of hydrogen-bond acceptors (Lipinski definition) is 9. The highest BCUT2D eigenvalue weighted by atomic mass is 16.5. The molecule has 1 aliphatic rings. The summed E-state index contributed by atoms with van der Waals surface area (Å²) < 4.78 is 23.3. The van der Waals surface area contributed by atoms with Gasteiger partial charge in [-0.2, -0.15) is 0 Å². The van der Waals surface area contributed by atoms with Crippen molar-refractivity contribution < 1.29 is 33.9 Å². The van der Waals surface area contributed by atoms with Crippen LogP contribution < -0.4 is 20.4 Å². The number of aromatic hydroxyl groups is 1. The molecule has 9 nitrogen and oxygen atoms in total. The third-order valence-corrected chi connectivity index (χ3v) is 7.22. The Morgan fingerprint density at radius 2 is 1.70 bits per heavy atom. The predicted molar refractivity (Wildman–Crippen MR) is 141 cm³/mol. The molecular weight excluding hydrogens is 478 g/mol. The lowest BCUT2D eigenvalue weighted by molar-refractivity contribution is -0.179. The van der Waals surface area contributed by atoms with E-state index in [1.165, 1.54) is 20.3 Å². The minimum atomic E-state index is -1.15. The lowest BCUT2D eigenvalue weighted by atomic mass is 9.86. The fraction of sp³-hybridized carbons (Fsp3) is 0.321. The van der Waals surface area contributed by atoms with Gasteiger partial charge in [-0.1, -0.05) is 18.7 Å². The molecule has 0 spiro atoms. The molecule has 3 aromatic carbocycles. The van der Waals surface area contributed by atoms with Crippen LogP contribution in [-0.4, -0.2) is 60.9 Å². The number of phenols is 1. The number of aliphatic hydroxyl groups is 2. The molecule has 1 aromatic heterocycles. The van der Waals surface area contributed by atoms with E-state index in [-0.39, 0.29) is 11.3 Å². The van der Waals surface area contributed by atoms with Gasteiger partial charge >= 0.3 is 5.63 Å². The number of rotatable bonds is 5. The van der Waals surface area contributed by atoms with Crippen LogP contribution in [0.5, 0.6) is 17.2 Å². The molecule has 0 radical (unpaired) electrons. The van der Waals surface area contributed by atoms with Gasteiger partial charge in [0, 0.05) is 16.2 Å². The summed E-state index contributed by atoms with van der Waals surface area (Å²) in [5.74, 6) is 0.669. The zero-order valence-corrected chi connectivity index (χ0v) is 20.9. The Balaban J connectivity index is 1.95. The maximum atomic E-state index is 13.3. The topological polar surface area (TPSA) is 131 Å². The van der Waals surface area contributed by atoms with Crippen molar-refractivity contribution in [3.63, 3.8) is 0 Å². The number of benzene rings is 3. The number of aliphatic hydroxyl groups excluding tert-OH is 2. The average Bonchev–Trinajstić information content (AvgIpc) is 2.90. The first-order chi connectivity index (χ1) is 17.7. The van der Waals surface area contributed by atoms with Crippen molar-refractivity contribution in [2.24, 2.45) is 0 Å². The van der Waals surface area contributed by atoms with Gasteiger partial charge in [-0.15, -0.1) is 0 Å². The number of ether oxygens (including phenoxy) is 3. The molecule has 5 atom stereocenters. The van der Waals surface area contributed by atoms with Crippen molar-refractivity contribution in [1.29, 1.82) is 0 Å². The number of methoxy groups -OCH3 is 2. The molecule has 194 valence electrons. The Bertz CT molecular complexity index is 1590. The fourth-order valence-electron chi connectivity index (χ4n) is 5.37. The zero-order valence-electron chi connectivity index (χ0n) is 20.9. The molecule has 1 saturated heterocycles. The summed E-state index contributed by atoms with van der Waals surface area (Å²) in [7, 11) is 4.63. The van der Waals surface area contributed by atoms with E-state index in [9.17, 15) is 20.1 Å². The SMILES string of the molecule is C=Cc1cc(OC)c2c(c1)c(=O)oc1c2cc(OC)c2c(O)ccc(C3OC(C)C(O)C(NC)C3O)c21. The van der Waals surface area contributed by atoms with Crippen molar-refractivity contribution in [1.82, 2.24) is 5.32 Å². The molecule has 5 unspecified atom stereocenters. The lowest BCUT2D eigenvalue weighted by Gasteiger charge is -2.42. The third-order valence-electron chi connectivity index (χ3n) is 7.22. The maximum Gasteiger partial charge on any atom is 0.344 e. The smallest absolute Gasteiger partial charge is 0.344 e. The number of nitrogens with one attached hydrogen (secondary N) is 1. The number of fused-ring (bicyclic) bond motifs is 5. The van der Waals surface area contributed by atoms with Crippen LogP contribution in [0.4, 0.5) is 0 Å². The molecule has 5 rings (SSSR count). The van der Waals surface area contributed by atoms with E-state index < -0.39 is 36.1 Å². The van der Waals surface area contributed by atoms with Gasteiger partial charge in [0.25, 0.3) is 0 Å². The molecule has 0 aliphatic carbocycles. The normalized spacial score (nSPS) is 24.0. The van der Waals surface area contributed by atoms with Crippen molar-refractivity contribution in [2.75, 3.05) is 21.3 Å². The molecular formula is C28H29NO8. The van der Waals surface area contributed by atoms with Gasteiger partial charge in [0.2, 0.25) is 0 Å². The molecule has 0 saturated carbocycles. The van der Waals surface area contributed by atoms with Gasteiger partial charge < -0.3 is 39.3 Å². The van der Waals surface area contributed by atoms with Crippen LogP contribution in [0, 0.1) is 0 Å². The Hall–Kier alpha value is -3.63. The first-order valence-corrected chi connectivity index (χ1v) is 11.9. The van der Waals surface area contributed by atoms with E-state index in [1.807, 2.05) is 0 Å². The van der Waals surface area contributed by atoms with Crippen LogP contribution >= 0.6 is 0 Å². The van der Waals surface area contributed by atoms with Crippen molar-refractivity contribution in [2.45, 2.75) is 37.4 Å².